The molecular weight excluding hydrogens is 406 g/mol. The highest BCUT2D eigenvalue weighted by atomic mass is 32.1. The zero-order chi connectivity index (χ0) is 20.4. The molecule has 0 fully saturated rings. The van der Waals surface area contributed by atoms with Crippen molar-refractivity contribution in [3.05, 3.63) is 57.7 Å². The molecule has 1 amide bonds. The van der Waals surface area contributed by atoms with Crippen molar-refractivity contribution < 1.29 is 14.3 Å². The molecule has 4 rings (SSSR count). The second kappa shape index (κ2) is 8.18. The maximum absolute atomic E-state index is 12.7. The van der Waals surface area contributed by atoms with Crippen molar-refractivity contribution in [1.82, 2.24) is 9.55 Å². The average Bonchev–Trinajstić information content (AvgIpc) is 3.46. The molecule has 0 radical (unpaired) electrons. The SMILES string of the molecule is CCCn1c(-c2nc(C(=O)Nc3ccsc3C(=O)OC)cs2)cc2ccccc21. The lowest BCUT2D eigenvalue weighted by Crippen LogP contribution is -2.14. The number of hydrogen-bond acceptors (Lipinski definition) is 6. The molecule has 8 heteroatoms. The molecule has 3 aromatic heterocycles. The van der Waals surface area contributed by atoms with E-state index in [2.05, 4.69) is 40.0 Å². The minimum atomic E-state index is -0.474. The fourth-order valence-electron chi connectivity index (χ4n) is 3.19. The summed E-state index contributed by atoms with van der Waals surface area (Å²) in [5.41, 5.74) is 2.91. The van der Waals surface area contributed by atoms with Gasteiger partial charge in [0.1, 0.15) is 15.6 Å². The predicted octanol–water partition coefficient (Wildman–Crippen LogP) is 5.28. The van der Waals surface area contributed by atoms with Gasteiger partial charge in [0.05, 0.1) is 18.5 Å². The van der Waals surface area contributed by atoms with Gasteiger partial charge in [0, 0.05) is 22.8 Å². The highest BCUT2D eigenvalue weighted by molar-refractivity contribution is 7.13. The number of nitrogens with one attached hydrogen (secondary N) is 1. The number of thiazole rings is 1. The van der Waals surface area contributed by atoms with E-state index in [1.165, 1.54) is 29.8 Å². The van der Waals surface area contributed by atoms with Crippen LogP contribution in [0, 0.1) is 0 Å². The summed E-state index contributed by atoms with van der Waals surface area (Å²) in [6, 6.07) is 12.0. The van der Waals surface area contributed by atoms with E-state index in [0.29, 0.717) is 16.3 Å². The van der Waals surface area contributed by atoms with E-state index >= 15 is 0 Å². The van der Waals surface area contributed by atoms with Crippen LogP contribution in [-0.4, -0.2) is 28.5 Å². The van der Waals surface area contributed by atoms with Gasteiger partial charge in [0.2, 0.25) is 0 Å². The second-order valence-electron chi connectivity index (χ2n) is 6.39. The first-order valence-electron chi connectivity index (χ1n) is 9.13. The van der Waals surface area contributed by atoms with E-state index < -0.39 is 5.97 Å². The summed E-state index contributed by atoms with van der Waals surface area (Å²) in [4.78, 5) is 29.4. The third kappa shape index (κ3) is 3.68. The van der Waals surface area contributed by atoms with Gasteiger partial charge in [-0.15, -0.1) is 22.7 Å². The Balaban J connectivity index is 1.63. The number of ether oxygens (including phenoxy) is 1. The fourth-order valence-corrected chi connectivity index (χ4v) is 4.78. The van der Waals surface area contributed by atoms with Crippen molar-refractivity contribution in [3.63, 3.8) is 0 Å². The van der Waals surface area contributed by atoms with Gasteiger partial charge in [0.25, 0.3) is 5.91 Å². The minimum Gasteiger partial charge on any atom is -0.465 e. The maximum atomic E-state index is 12.7. The van der Waals surface area contributed by atoms with Crippen molar-refractivity contribution in [2.45, 2.75) is 19.9 Å². The standard InChI is InChI=1S/C21H19N3O3S2/c1-3-9-24-16-7-5-4-6-13(16)11-17(24)20-23-15(12-29-20)19(25)22-14-8-10-28-18(14)21(26)27-2/h4-8,10-12H,3,9H2,1-2H3,(H,22,25). The van der Waals surface area contributed by atoms with Gasteiger partial charge in [-0.2, -0.15) is 0 Å². The van der Waals surface area contributed by atoms with E-state index in [4.69, 9.17) is 4.74 Å². The quantitative estimate of drug-likeness (QED) is 0.427. The molecule has 3 heterocycles. The van der Waals surface area contributed by atoms with Crippen molar-refractivity contribution in [1.29, 1.82) is 0 Å². The highest BCUT2D eigenvalue weighted by Gasteiger charge is 2.19. The van der Waals surface area contributed by atoms with Crippen molar-refractivity contribution in [2.24, 2.45) is 0 Å². The number of nitrogens with zero attached hydrogens (tertiary/aromatic N) is 2. The Morgan fingerprint density at radius 3 is 2.83 bits per heavy atom. The van der Waals surface area contributed by atoms with Crippen molar-refractivity contribution in [3.8, 4) is 10.7 Å². The topological polar surface area (TPSA) is 73.2 Å². The summed E-state index contributed by atoms with van der Waals surface area (Å²) in [6.45, 7) is 3.01. The van der Waals surface area contributed by atoms with Crippen LogP contribution in [0.4, 0.5) is 5.69 Å². The Bertz CT molecular complexity index is 1190. The Labute approximate surface area is 175 Å². The summed E-state index contributed by atoms with van der Waals surface area (Å²) in [5.74, 6) is -0.826. The van der Waals surface area contributed by atoms with Gasteiger partial charge in [-0.3, -0.25) is 4.79 Å². The molecule has 0 saturated carbocycles. The van der Waals surface area contributed by atoms with E-state index in [0.717, 1.165) is 34.6 Å². The van der Waals surface area contributed by atoms with Gasteiger partial charge < -0.3 is 14.6 Å². The number of benzene rings is 1. The smallest absolute Gasteiger partial charge is 0.350 e. The van der Waals surface area contributed by atoms with Crippen LogP contribution in [0.1, 0.15) is 33.5 Å². The molecule has 0 unspecified atom stereocenters. The molecule has 29 heavy (non-hydrogen) atoms. The van der Waals surface area contributed by atoms with E-state index in [-0.39, 0.29) is 5.91 Å². The van der Waals surface area contributed by atoms with Crippen LogP contribution in [0.5, 0.6) is 0 Å². The third-order valence-corrected chi connectivity index (χ3v) is 6.26. The lowest BCUT2D eigenvalue weighted by Gasteiger charge is -2.07. The van der Waals surface area contributed by atoms with Crippen LogP contribution in [0.15, 0.2) is 47.2 Å². The molecule has 4 aromatic rings. The zero-order valence-electron chi connectivity index (χ0n) is 16.0. The molecule has 1 aromatic carbocycles. The van der Waals surface area contributed by atoms with Crippen LogP contribution >= 0.6 is 22.7 Å². The largest absolute Gasteiger partial charge is 0.465 e. The van der Waals surface area contributed by atoms with Gasteiger partial charge in [-0.05, 0) is 30.0 Å². The molecule has 0 bridgehead atoms. The molecule has 0 aliphatic carbocycles. The molecule has 0 aliphatic rings. The Hall–Kier alpha value is -2.97. The first kappa shape index (κ1) is 19.4. The molecule has 6 nitrogen and oxygen atoms in total. The Kier molecular flexibility index (Phi) is 5.46. The monoisotopic (exact) mass is 425 g/mol. The molecule has 148 valence electrons. The molecular formula is C21H19N3O3S2. The normalized spacial score (nSPS) is 11.0. The number of amides is 1. The summed E-state index contributed by atoms with van der Waals surface area (Å²) < 4.78 is 6.99. The summed E-state index contributed by atoms with van der Waals surface area (Å²) >= 11 is 2.65. The van der Waals surface area contributed by atoms with E-state index in [1.54, 1.807) is 16.8 Å². The first-order chi connectivity index (χ1) is 14.1. The number of thiophene rings is 1. The molecule has 0 atom stereocenters. The van der Waals surface area contributed by atoms with Crippen molar-refractivity contribution in [2.75, 3.05) is 12.4 Å². The fraction of sp³-hybridized carbons (Fsp3) is 0.190. The zero-order valence-corrected chi connectivity index (χ0v) is 17.6. The number of methoxy groups -OCH3 is 1. The molecule has 1 N–H and O–H groups in total. The van der Waals surface area contributed by atoms with Crippen molar-refractivity contribution >= 4 is 51.1 Å². The number of fused-ring (bicyclic) bond motifs is 1. The first-order valence-corrected chi connectivity index (χ1v) is 10.9. The maximum Gasteiger partial charge on any atom is 0.350 e. The van der Waals surface area contributed by atoms with Gasteiger partial charge in [-0.1, -0.05) is 25.1 Å². The van der Waals surface area contributed by atoms with E-state index in [9.17, 15) is 9.59 Å². The number of hydrogen-bond donors (Lipinski definition) is 1. The lowest BCUT2D eigenvalue weighted by atomic mass is 10.2. The molecule has 0 aliphatic heterocycles. The molecule has 0 saturated heterocycles. The van der Waals surface area contributed by atoms with Crippen LogP contribution in [0.25, 0.3) is 21.6 Å². The minimum absolute atomic E-state index is 0.320. The third-order valence-electron chi connectivity index (χ3n) is 4.50. The number of aromatic nitrogens is 2. The number of rotatable bonds is 6. The highest BCUT2D eigenvalue weighted by Crippen LogP contribution is 2.31. The Morgan fingerprint density at radius 2 is 2.03 bits per heavy atom. The van der Waals surface area contributed by atoms with Gasteiger partial charge >= 0.3 is 5.97 Å². The van der Waals surface area contributed by atoms with Crippen LogP contribution in [-0.2, 0) is 11.3 Å². The van der Waals surface area contributed by atoms with Gasteiger partial charge in [0.15, 0.2) is 0 Å². The Morgan fingerprint density at radius 1 is 1.21 bits per heavy atom. The number of anilines is 1. The number of aryl methyl sites for hydroxylation is 1. The average molecular weight is 426 g/mol. The predicted molar refractivity (Wildman–Crippen MR) is 117 cm³/mol. The number of carbonyl (C=O) groups excluding carboxylic acids is 2. The van der Waals surface area contributed by atoms with Gasteiger partial charge in [-0.25, -0.2) is 9.78 Å². The molecule has 0 spiro atoms. The lowest BCUT2D eigenvalue weighted by molar-refractivity contribution is 0.0607. The second-order valence-corrected chi connectivity index (χ2v) is 8.16. The van der Waals surface area contributed by atoms with Crippen LogP contribution in [0.2, 0.25) is 0 Å². The summed E-state index contributed by atoms with van der Waals surface area (Å²) in [5, 5.41) is 8.17. The van der Waals surface area contributed by atoms with E-state index in [1.807, 2.05) is 12.1 Å². The number of esters is 1. The summed E-state index contributed by atoms with van der Waals surface area (Å²) in [6.07, 6.45) is 0.999. The number of para-hydroxylation sites is 1. The summed E-state index contributed by atoms with van der Waals surface area (Å²) in [7, 11) is 1.32. The van der Waals surface area contributed by atoms with Crippen LogP contribution < -0.4 is 5.32 Å². The number of carbonyl (C=O) groups is 2. The van der Waals surface area contributed by atoms with Crippen LogP contribution in [0.3, 0.4) is 0 Å².